The summed E-state index contributed by atoms with van der Waals surface area (Å²) in [6.07, 6.45) is 1.51. The number of aromatic hydroxyl groups is 1. The summed E-state index contributed by atoms with van der Waals surface area (Å²) in [5.41, 5.74) is 2.95. The fourth-order valence-corrected chi connectivity index (χ4v) is 1.65. The summed E-state index contributed by atoms with van der Waals surface area (Å²) < 4.78 is 0. The molecular weight excluding hydrogens is 226 g/mol. The lowest BCUT2D eigenvalue weighted by Gasteiger charge is -2.06. The lowest BCUT2D eigenvalue weighted by molar-refractivity contribution is -0.118. The van der Waals surface area contributed by atoms with Crippen molar-refractivity contribution in [3.63, 3.8) is 0 Å². The molecule has 2 N–H and O–H groups in total. The van der Waals surface area contributed by atoms with E-state index in [2.05, 4.69) is 15.5 Å². The monoisotopic (exact) mass is 235 g/mol. The number of phenolic OH excluding ortho intramolecular Hbond substituents is 1. The van der Waals surface area contributed by atoms with Crippen molar-refractivity contribution >= 4 is 29.1 Å². The smallest absolute Gasteiger partial charge is 0.250 e. The van der Waals surface area contributed by atoms with E-state index in [9.17, 15) is 9.90 Å². The molecule has 0 unspecified atom stereocenters. The third kappa shape index (κ3) is 2.60. The Bertz CT molecular complexity index is 471. The highest BCUT2D eigenvalue weighted by molar-refractivity contribution is 8.14. The molecular formula is C10H9N3O2S. The minimum atomic E-state index is -0.133. The molecule has 0 aliphatic carbocycles. The molecule has 6 heteroatoms. The number of para-hydroxylation sites is 1. The van der Waals surface area contributed by atoms with Crippen molar-refractivity contribution in [3.8, 4) is 5.75 Å². The Balaban J connectivity index is 2.10. The van der Waals surface area contributed by atoms with Gasteiger partial charge in [-0.15, -0.1) is 5.10 Å². The van der Waals surface area contributed by atoms with Gasteiger partial charge < -0.3 is 5.11 Å². The molecule has 0 saturated carbocycles. The average Bonchev–Trinajstić information content (AvgIpc) is 2.30. The van der Waals surface area contributed by atoms with E-state index in [0.717, 1.165) is 0 Å². The molecule has 1 aliphatic heterocycles. The van der Waals surface area contributed by atoms with Crippen LogP contribution in [-0.2, 0) is 4.79 Å². The second kappa shape index (κ2) is 4.80. The summed E-state index contributed by atoms with van der Waals surface area (Å²) in [4.78, 5) is 14.9. The van der Waals surface area contributed by atoms with E-state index in [0.29, 0.717) is 16.5 Å². The molecule has 0 spiro atoms. The second-order valence-corrected chi connectivity index (χ2v) is 3.98. The van der Waals surface area contributed by atoms with Crippen LogP contribution < -0.4 is 5.43 Å². The van der Waals surface area contributed by atoms with Crippen molar-refractivity contribution in [2.24, 2.45) is 10.1 Å². The van der Waals surface area contributed by atoms with Gasteiger partial charge in [-0.3, -0.25) is 4.79 Å². The van der Waals surface area contributed by atoms with Crippen LogP contribution in [0.15, 0.2) is 34.4 Å². The number of amidine groups is 1. The number of hydrogen-bond acceptors (Lipinski definition) is 5. The molecule has 0 bridgehead atoms. The first-order valence-electron chi connectivity index (χ1n) is 4.57. The quantitative estimate of drug-likeness (QED) is 0.711. The number of phenols is 1. The number of rotatable bonds is 1. The molecule has 82 valence electrons. The van der Waals surface area contributed by atoms with Crippen molar-refractivity contribution in [1.29, 1.82) is 0 Å². The van der Waals surface area contributed by atoms with Gasteiger partial charge >= 0.3 is 0 Å². The number of hydrazone groups is 1. The van der Waals surface area contributed by atoms with Crippen LogP contribution >= 0.6 is 11.8 Å². The first kappa shape index (κ1) is 10.7. The highest BCUT2D eigenvalue weighted by atomic mass is 32.2. The molecule has 2 rings (SSSR count). The summed E-state index contributed by atoms with van der Waals surface area (Å²) in [6, 6.07) is 6.86. The van der Waals surface area contributed by atoms with Crippen molar-refractivity contribution in [3.05, 3.63) is 29.8 Å². The average molecular weight is 235 g/mol. The third-order valence-corrected chi connectivity index (χ3v) is 2.72. The molecule has 5 nitrogen and oxygen atoms in total. The molecule has 0 fully saturated rings. The maximum atomic E-state index is 10.8. The van der Waals surface area contributed by atoms with Gasteiger partial charge in [-0.2, -0.15) is 0 Å². The van der Waals surface area contributed by atoms with Crippen LogP contribution in [0.1, 0.15) is 5.56 Å². The summed E-state index contributed by atoms with van der Waals surface area (Å²) in [7, 11) is 0. The molecule has 1 amide bonds. The third-order valence-electron chi connectivity index (χ3n) is 1.86. The molecule has 1 aromatic carbocycles. The van der Waals surface area contributed by atoms with Gasteiger partial charge in [0, 0.05) is 11.8 Å². The maximum Gasteiger partial charge on any atom is 0.250 e. The Morgan fingerprint density at radius 2 is 2.31 bits per heavy atom. The summed E-state index contributed by atoms with van der Waals surface area (Å²) >= 11 is 1.25. The number of benzene rings is 1. The van der Waals surface area contributed by atoms with Gasteiger partial charge in [0.25, 0.3) is 5.91 Å². The fourth-order valence-electron chi connectivity index (χ4n) is 1.09. The van der Waals surface area contributed by atoms with Crippen LogP contribution in [0.2, 0.25) is 0 Å². The number of carbonyl (C=O) groups is 1. The van der Waals surface area contributed by atoms with Gasteiger partial charge in [-0.05, 0) is 12.1 Å². The summed E-state index contributed by atoms with van der Waals surface area (Å²) in [5, 5.41) is 13.7. The number of carbonyl (C=O) groups excluding carboxylic acids is 1. The molecule has 0 atom stereocenters. The van der Waals surface area contributed by atoms with Crippen molar-refractivity contribution in [1.82, 2.24) is 5.43 Å². The van der Waals surface area contributed by atoms with E-state index in [1.54, 1.807) is 24.3 Å². The molecule has 0 aromatic heterocycles. The summed E-state index contributed by atoms with van der Waals surface area (Å²) in [5.74, 6) is 0.347. The van der Waals surface area contributed by atoms with Crippen LogP contribution in [0.3, 0.4) is 0 Å². The van der Waals surface area contributed by atoms with Gasteiger partial charge in [0.05, 0.1) is 5.75 Å². The van der Waals surface area contributed by atoms with Gasteiger partial charge in [-0.1, -0.05) is 23.9 Å². The normalized spacial score (nSPS) is 16.0. The van der Waals surface area contributed by atoms with E-state index < -0.39 is 0 Å². The van der Waals surface area contributed by atoms with E-state index in [1.807, 2.05) is 0 Å². The Morgan fingerprint density at radius 1 is 1.50 bits per heavy atom. The van der Waals surface area contributed by atoms with Crippen LogP contribution in [0, 0.1) is 0 Å². The molecule has 1 heterocycles. The predicted molar refractivity (Wildman–Crippen MR) is 63.7 cm³/mol. The predicted octanol–water partition coefficient (Wildman–Crippen LogP) is 0.945. The van der Waals surface area contributed by atoms with E-state index >= 15 is 0 Å². The zero-order chi connectivity index (χ0) is 11.4. The zero-order valence-corrected chi connectivity index (χ0v) is 9.07. The largest absolute Gasteiger partial charge is 0.507 e. The fraction of sp³-hybridized carbons (Fsp3) is 0.100. The number of nitrogens with zero attached hydrogens (tertiary/aromatic N) is 2. The lowest BCUT2D eigenvalue weighted by atomic mass is 10.2. The number of thioether (sulfide) groups is 1. The highest BCUT2D eigenvalue weighted by Gasteiger charge is 2.10. The number of amides is 1. The second-order valence-electron chi connectivity index (χ2n) is 3.04. The van der Waals surface area contributed by atoms with Crippen LogP contribution in [0.25, 0.3) is 0 Å². The molecule has 0 radical (unpaired) electrons. The van der Waals surface area contributed by atoms with E-state index in [4.69, 9.17) is 0 Å². The molecule has 1 aliphatic rings. The molecule has 0 saturated heterocycles. The lowest BCUT2D eigenvalue weighted by Crippen LogP contribution is -2.25. The van der Waals surface area contributed by atoms with E-state index in [-0.39, 0.29) is 11.7 Å². The Morgan fingerprint density at radius 3 is 3.00 bits per heavy atom. The minimum absolute atomic E-state index is 0.133. The number of hydrogen-bond donors (Lipinski definition) is 2. The molecule has 16 heavy (non-hydrogen) atoms. The highest BCUT2D eigenvalue weighted by Crippen LogP contribution is 2.14. The van der Waals surface area contributed by atoms with Gasteiger partial charge in [0.2, 0.25) is 5.17 Å². The van der Waals surface area contributed by atoms with E-state index in [1.165, 1.54) is 18.0 Å². The topological polar surface area (TPSA) is 74.0 Å². The molecule has 1 aromatic rings. The Labute approximate surface area is 96.3 Å². The Kier molecular flexibility index (Phi) is 3.21. The van der Waals surface area contributed by atoms with Crippen LogP contribution in [0.5, 0.6) is 5.75 Å². The van der Waals surface area contributed by atoms with Gasteiger partial charge in [0.1, 0.15) is 5.75 Å². The number of nitrogens with one attached hydrogen (secondary N) is 1. The van der Waals surface area contributed by atoms with Crippen LogP contribution in [-0.4, -0.2) is 28.1 Å². The van der Waals surface area contributed by atoms with Gasteiger partial charge in [0.15, 0.2) is 0 Å². The van der Waals surface area contributed by atoms with Crippen molar-refractivity contribution in [2.45, 2.75) is 0 Å². The minimum Gasteiger partial charge on any atom is -0.507 e. The SMILES string of the molecule is O=C1CSC(/N=C/c2ccccc2O)=NN1. The maximum absolute atomic E-state index is 10.8. The van der Waals surface area contributed by atoms with Gasteiger partial charge in [-0.25, -0.2) is 10.4 Å². The number of aliphatic imine (C=N–C) groups is 1. The zero-order valence-electron chi connectivity index (χ0n) is 8.25. The summed E-state index contributed by atoms with van der Waals surface area (Å²) in [6.45, 7) is 0. The first-order valence-corrected chi connectivity index (χ1v) is 5.55. The standard InChI is InChI=1S/C10H9N3O2S/c14-8-4-2-1-3-7(8)5-11-10-13-12-9(15)6-16-10/h1-5,14H,6H2,(H,12,15)/b11-5+. The first-order chi connectivity index (χ1) is 7.75. The van der Waals surface area contributed by atoms with Crippen molar-refractivity contribution < 1.29 is 9.90 Å². The van der Waals surface area contributed by atoms with Crippen molar-refractivity contribution in [2.75, 3.05) is 5.75 Å². The van der Waals surface area contributed by atoms with Crippen LogP contribution in [0.4, 0.5) is 0 Å². The Hall–Kier alpha value is -1.82.